The van der Waals surface area contributed by atoms with Crippen LogP contribution in [0.5, 0.6) is 0 Å². The third-order valence-electron chi connectivity index (χ3n) is 4.68. The summed E-state index contributed by atoms with van der Waals surface area (Å²) in [4.78, 5) is 47.0. The minimum absolute atomic E-state index is 0.127. The summed E-state index contributed by atoms with van der Waals surface area (Å²) >= 11 is 0. The molecule has 1 aromatic heterocycles. The summed E-state index contributed by atoms with van der Waals surface area (Å²) in [5.74, 6) is -1.25. The maximum Gasteiger partial charge on any atom is 0.310 e. The lowest BCUT2D eigenvalue weighted by atomic mass is 10.1. The van der Waals surface area contributed by atoms with Crippen molar-refractivity contribution in [3.8, 4) is 0 Å². The van der Waals surface area contributed by atoms with Crippen LogP contribution in [-0.4, -0.2) is 33.9 Å². The number of hydrogen-bond donors (Lipinski definition) is 2. The molecule has 0 saturated heterocycles. The third-order valence-corrected chi connectivity index (χ3v) is 4.68. The highest BCUT2D eigenvalue weighted by Gasteiger charge is 2.16. The Bertz CT molecular complexity index is 1200. The number of amides is 2. The second-order valence-electron chi connectivity index (χ2n) is 7.12. The van der Waals surface area contributed by atoms with Crippen molar-refractivity contribution in [1.82, 2.24) is 4.57 Å². The van der Waals surface area contributed by atoms with Gasteiger partial charge in [-0.15, -0.1) is 0 Å². The van der Waals surface area contributed by atoms with E-state index in [0.29, 0.717) is 23.7 Å². The molecule has 10 heteroatoms. The second-order valence-corrected chi connectivity index (χ2v) is 7.12. The zero-order valence-electron chi connectivity index (χ0n) is 18.0. The Hall–Kier alpha value is -4.47. The first kappa shape index (κ1) is 23.2. The van der Waals surface area contributed by atoms with Crippen molar-refractivity contribution < 1.29 is 24.0 Å². The number of benzene rings is 2. The Morgan fingerprint density at radius 2 is 1.70 bits per heavy atom. The number of anilines is 2. The smallest absolute Gasteiger partial charge is 0.310 e. The number of aromatic nitrogens is 1. The largest absolute Gasteiger partial charge is 0.466 e. The molecule has 0 bridgehead atoms. The highest BCUT2D eigenvalue weighted by Crippen LogP contribution is 2.19. The molecular weight excluding hydrogens is 428 g/mol. The maximum atomic E-state index is 12.7. The van der Waals surface area contributed by atoms with Crippen LogP contribution in [0, 0.1) is 10.1 Å². The number of carbonyl (C=O) groups is 3. The molecule has 0 aliphatic rings. The molecule has 0 saturated carbocycles. The molecule has 0 spiro atoms. The van der Waals surface area contributed by atoms with Gasteiger partial charge in [0.2, 0.25) is 0 Å². The summed E-state index contributed by atoms with van der Waals surface area (Å²) in [6.45, 7) is 2.06. The minimum atomic E-state index is -0.578. The fourth-order valence-corrected chi connectivity index (χ4v) is 3.10. The zero-order chi connectivity index (χ0) is 24.0. The molecule has 2 aromatic carbocycles. The van der Waals surface area contributed by atoms with Crippen LogP contribution in [0.3, 0.4) is 0 Å². The summed E-state index contributed by atoms with van der Waals surface area (Å²) < 4.78 is 6.46. The molecule has 0 unspecified atom stereocenters. The first-order valence-electron chi connectivity index (χ1n) is 10.0. The second kappa shape index (κ2) is 10.2. The molecule has 3 aromatic rings. The highest BCUT2D eigenvalue weighted by atomic mass is 16.6. The van der Waals surface area contributed by atoms with Crippen LogP contribution in [0.1, 0.15) is 33.3 Å². The number of non-ortho nitro benzene ring substituents is 1. The molecule has 3 rings (SSSR count). The van der Waals surface area contributed by atoms with Gasteiger partial charge in [0.15, 0.2) is 0 Å². The standard InChI is InChI=1S/C23H22N4O6/c1-3-33-21(28)11-15-7-9-17(10-8-15)24-23(30)20-13-18(14-26(20)2)25-22(29)16-5-4-6-19(12-16)27(31)32/h4-10,12-14H,3,11H2,1-2H3,(H,24,30)(H,25,29). The minimum Gasteiger partial charge on any atom is -0.466 e. The monoisotopic (exact) mass is 450 g/mol. The summed E-state index contributed by atoms with van der Waals surface area (Å²) in [5.41, 5.74) is 1.89. The summed E-state index contributed by atoms with van der Waals surface area (Å²) in [7, 11) is 1.65. The number of nitrogens with one attached hydrogen (secondary N) is 2. The van der Waals surface area contributed by atoms with Crippen LogP contribution in [-0.2, 0) is 23.0 Å². The number of hydrogen-bond acceptors (Lipinski definition) is 6. The van der Waals surface area contributed by atoms with Crippen molar-refractivity contribution in [2.75, 3.05) is 17.2 Å². The fourth-order valence-electron chi connectivity index (χ4n) is 3.10. The summed E-state index contributed by atoms with van der Waals surface area (Å²) in [6.07, 6.45) is 1.71. The maximum absolute atomic E-state index is 12.7. The van der Waals surface area contributed by atoms with E-state index in [1.807, 2.05) is 0 Å². The van der Waals surface area contributed by atoms with Crippen LogP contribution in [0.25, 0.3) is 0 Å². The number of esters is 1. The molecule has 33 heavy (non-hydrogen) atoms. The van der Waals surface area contributed by atoms with E-state index in [1.165, 1.54) is 30.3 Å². The van der Waals surface area contributed by atoms with Crippen LogP contribution >= 0.6 is 0 Å². The Morgan fingerprint density at radius 3 is 2.36 bits per heavy atom. The van der Waals surface area contributed by atoms with Crippen molar-refractivity contribution in [3.05, 3.63) is 87.7 Å². The van der Waals surface area contributed by atoms with Gasteiger partial charge in [0.05, 0.1) is 23.6 Å². The molecule has 0 fully saturated rings. The molecule has 0 aliphatic carbocycles. The van der Waals surface area contributed by atoms with Gasteiger partial charge >= 0.3 is 5.97 Å². The Morgan fingerprint density at radius 1 is 1.00 bits per heavy atom. The number of rotatable bonds is 8. The predicted molar refractivity (Wildman–Crippen MR) is 121 cm³/mol. The summed E-state index contributed by atoms with van der Waals surface area (Å²) in [6, 6.07) is 13.7. The van der Waals surface area contributed by atoms with Gasteiger partial charge in [-0.2, -0.15) is 0 Å². The molecule has 10 nitrogen and oxygen atoms in total. The molecule has 2 N–H and O–H groups in total. The predicted octanol–water partition coefficient (Wildman–Crippen LogP) is 3.54. The van der Waals surface area contributed by atoms with E-state index in [0.717, 1.165) is 5.56 Å². The molecule has 170 valence electrons. The van der Waals surface area contributed by atoms with Gasteiger partial charge in [-0.3, -0.25) is 24.5 Å². The van der Waals surface area contributed by atoms with E-state index in [9.17, 15) is 24.5 Å². The Balaban J connectivity index is 1.65. The van der Waals surface area contributed by atoms with Gasteiger partial charge in [0.1, 0.15) is 5.69 Å². The number of carbonyl (C=O) groups excluding carboxylic acids is 3. The molecule has 0 aliphatic heterocycles. The molecule has 0 radical (unpaired) electrons. The number of ether oxygens (including phenoxy) is 1. The summed E-state index contributed by atoms with van der Waals surface area (Å²) in [5, 5.41) is 16.3. The average molecular weight is 450 g/mol. The first-order valence-corrected chi connectivity index (χ1v) is 10.0. The lowest BCUT2D eigenvalue weighted by Crippen LogP contribution is -2.15. The van der Waals surface area contributed by atoms with Gasteiger partial charge in [0, 0.05) is 36.6 Å². The van der Waals surface area contributed by atoms with Gasteiger partial charge in [-0.1, -0.05) is 18.2 Å². The van der Waals surface area contributed by atoms with Crippen molar-refractivity contribution in [2.45, 2.75) is 13.3 Å². The quantitative estimate of drug-likeness (QED) is 0.306. The van der Waals surface area contributed by atoms with Crippen LogP contribution in [0.2, 0.25) is 0 Å². The van der Waals surface area contributed by atoms with Crippen molar-refractivity contribution in [1.29, 1.82) is 0 Å². The molecule has 0 atom stereocenters. The lowest BCUT2D eigenvalue weighted by molar-refractivity contribution is -0.384. The van der Waals surface area contributed by atoms with Crippen LogP contribution in [0.15, 0.2) is 60.8 Å². The topological polar surface area (TPSA) is 133 Å². The number of aryl methyl sites for hydroxylation is 1. The van der Waals surface area contributed by atoms with E-state index in [1.54, 1.807) is 49.0 Å². The van der Waals surface area contributed by atoms with E-state index >= 15 is 0 Å². The zero-order valence-corrected chi connectivity index (χ0v) is 18.0. The Kier molecular flexibility index (Phi) is 7.19. The Labute approximate surface area is 189 Å². The number of nitro groups is 1. The van der Waals surface area contributed by atoms with Gasteiger partial charge < -0.3 is 19.9 Å². The average Bonchev–Trinajstić information content (AvgIpc) is 3.15. The van der Waals surface area contributed by atoms with Crippen molar-refractivity contribution in [3.63, 3.8) is 0 Å². The van der Waals surface area contributed by atoms with E-state index in [4.69, 9.17) is 4.74 Å². The van der Waals surface area contributed by atoms with Crippen molar-refractivity contribution >= 4 is 34.8 Å². The van der Waals surface area contributed by atoms with E-state index < -0.39 is 16.7 Å². The fraction of sp³-hybridized carbons (Fsp3) is 0.174. The SMILES string of the molecule is CCOC(=O)Cc1ccc(NC(=O)c2cc(NC(=O)c3cccc([N+](=O)[O-])c3)cn2C)cc1. The first-order chi connectivity index (χ1) is 15.8. The molecule has 1 heterocycles. The van der Waals surface area contributed by atoms with Gasteiger partial charge in [-0.25, -0.2) is 0 Å². The molecule has 2 amide bonds. The molecular formula is C23H22N4O6. The lowest BCUT2D eigenvalue weighted by Gasteiger charge is -2.07. The van der Waals surface area contributed by atoms with E-state index in [-0.39, 0.29) is 23.6 Å². The van der Waals surface area contributed by atoms with E-state index in [2.05, 4.69) is 10.6 Å². The van der Waals surface area contributed by atoms with Crippen LogP contribution < -0.4 is 10.6 Å². The van der Waals surface area contributed by atoms with Crippen molar-refractivity contribution in [2.24, 2.45) is 7.05 Å². The number of nitro benzene ring substituents is 1. The van der Waals surface area contributed by atoms with Crippen LogP contribution in [0.4, 0.5) is 17.1 Å². The normalized spacial score (nSPS) is 10.4. The highest BCUT2D eigenvalue weighted by molar-refractivity contribution is 6.07. The third kappa shape index (κ3) is 6.03. The van der Waals surface area contributed by atoms with Gasteiger partial charge in [0.25, 0.3) is 17.5 Å². The van der Waals surface area contributed by atoms with Gasteiger partial charge in [-0.05, 0) is 36.8 Å². The number of nitrogens with zero attached hydrogens (tertiary/aromatic N) is 2.